The number of aryl methyl sites for hydroxylation is 2. The van der Waals surface area contributed by atoms with Crippen LogP contribution in [0.1, 0.15) is 36.6 Å². The molecule has 0 fully saturated rings. The van der Waals surface area contributed by atoms with E-state index in [2.05, 4.69) is 34.4 Å². The fourth-order valence-corrected chi connectivity index (χ4v) is 3.48. The van der Waals surface area contributed by atoms with Crippen molar-refractivity contribution in [2.45, 2.75) is 39.0 Å². The molecule has 1 heterocycles. The number of hydrogen-bond donors (Lipinski definition) is 2. The number of aromatic nitrogens is 1. The van der Waals surface area contributed by atoms with Crippen molar-refractivity contribution in [1.29, 1.82) is 0 Å². The third kappa shape index (κ3) is 4.80. The van der Waals surface area contributed by atoms with Crippen LogP contribution in [0.15, 0.2) is 59.8 Å². The zero-order chi connectivity index (χ0) is 19.8. The average Bonchev–Trinajstić information content (AvgIpc) is 3.07. The third-order valence-corrected chi connectivity index (χ3v) is 4.86. The number of nitrogens with one attached hydrogen (secondary N) is 1. The van der Waals surface area contributed by atoms with E-state index < -0.39 is 5.97 Å². The van der Waals surface area contributed by atoms with Gasteiger partial charge in [0.05, 0.1) is 6.61 Å². The number of rotatable bonds is 9. The van der Waals surface area contributed by atoms with Crippen molar-refractivity contribution < 1.29 is 14.7 Å². The molecule has 0 spiro atoms. The summed E-state index contributed by atoms with van der Waals surface area (Å²) in [6, 6.07) is 18.5. The van der Waals surface area contributed by atoms with Crippen LogP contribution in [0.5, 0.6) is 0 Å². The van der Waals surface area contributed by atoms with Crippen molar-refractivity contribution in [3.05, 3.63) is 71.4 Å². The third-order valence-electron chi connectivity index (χ3n) is 4.86. The number of oxime groups is 1. The standard InChI is InChI=1S/C23H26N2O3/c1-2-28-23(26)22(25-27)16-19-18-13-7-9-14-20(18)24-21(19)15-8-6-12-17-10-4-3-5-11-17/h3-5,7,9-11,13-14,24,27H,2,6,8,12,15-16H2,1H3/b25-22-. The van der Waals surface area contributed by atoms with Crippen LogP contribution < -0.4 is 0 Å². The summed E-state index contributed by atoms with van der Waals surface area (Å²) in [6.07, 6.45) is 4.27. The highest BCUT2D eigenvalue weighted by atomic mass is 16.5. The molecule has 0 unspecified atom stereocenters. The predicted molar refractivity (Wildman–Crippen MR) is 111 cm³/mol. The second-order valence-corrected chi connectivity index (χ2v) is 6.76. The highest BCUT2D eigenvalue weighted by Gasteiger charge is 2.19. The Bertz CT molecular complexity index is 945. The molecule has 0 radical (unpaired) electrons. The lowest BCUT2D eigenvalue weighted by atomic mass is 10.0. The molecule has 2 aromatic carbocycles. The number of esters is 1. The summed E-state index contributed by atoms with van der Waals surface area (Å²) in [6.45, 7) is 1.98. The Kier molecular flexibility index (Phi) is 6.84. The predicted octanol–water partition coefficient (Wildman–Crippen LogP) is 4.67. The molecule has 0 aliphatic carbocycles. The van der Waals surface area contributed by atoms with Gasteiger partial charge in [-0.15, -0.1) is 0 Å². The number of nitrogens with zero attached hydrogens (tertiary/aromatic N) is 1. The minimum absolute atomic E-state index is 0.0251. The summed E-state index contributed by atoms with van der Waals surface area (Å²) in [5.41, 5.74) is 4.47. The molecule has 0 aliphatic heterocycles. The molecule has 5 nitrogen and oxygen atoms in total. The fraction of sp³-hybridized carbons (Fsp3) is 0.304. The van der Waals surface area contributed by atoms with Crippen molar-refractivity contribution >= 4 is 22.6 Å². The van der Waals surface area contributed by atoms with Crippen LogP contribution in [0.2, 0.25) is 0 Å². The number of fused-ring (bicyclic) bond motifs is 1. The molecule has 28 heavy (non-hydrogen) atoms. The zero-order valence-electron chi connectivity index (χ0n) is 16.1. The topological polar surface area (TPSA) is 74.7 Å². The van der Waals surface area contributed by atoms with Gasteiger partial charge in [0.2, 0.25) is 0 Å². The van der Waals surface area contributed by atoms with Crippen LogP contribution in [0, 0.1) is 0 Å². The van der Waals surface area contributed by atoms with E-state index in [9.17, 15) is 10.0 Å². The molecule has 0 bridgehead atoms. The highest BCUT2D eigenvalue weighted by molar-refractivity contribution is 6.37. The number of ether oxygens (including phenoxy) is 1. The van der Waals surface area contributed by atoms with E-state index >= 15 is 0 Å². The molecule has 5 heteroatoms. The van der Waals surface area contributed by atoms with Crippen LogP contribution in [0.4, 0.5) is 0 Å². The summed E-state index contributed by atoms with van der Waals surface area (Å²) in [5.74, 6) is -0.578. The lowest BCUT2D eigenvalue weighted by Gasteiger charge is -2.07. The van der Waals surface area contributed by atoms with Crippen molar-refractivity contribution in [3.63, 3.8) is 0 Å². The highest BCUT2D eigenvalue weighted by Crippen LogP contribution is 2.25. The van der Waals surface area contributed by atoms with Gasteiger partial charge >= 0.3 is 5.97 Å². The molecular weight excluding hydrogens is 352 g/mol. The maximum absolute atomic E-state index is 12.0. The normalized spacial score (nSPS) is 11.7. The van der Waals surface area contributed by atoms with Crippen LogP contribution in [-0.2, 0) is 28.8 Å². The van der Waals surface area contributed by atoms with E-state index in [0.29, 0.717) is 0 Å². The van der Waals surface area contributed by atoms with Crippen molar-refractivity contribution in [2.75, 3.05) is 6.61 Å². The van der Waals surface area contributed by atoms with Gasteiger partial charge in [-0.25, -0.2) is 4.79 Å². The van der Waals surface area contributed by atoms with Crippen LogP contribution in [0.25, 0.3) is 10.9 Å². The lowest BCUT2D eigenvalue weighted by molar-refractivity contribution is -0.135. The Labute approximate surface area is 165 Å². The minimum Gasteiger partial charge on any atom is -0.461 e. The van der Waals surface area contributed by atoms with Gasteiger partial charge in [0.25, 0.3) is 0 Å². The minimum atomic E-state index is -0.578. The molecule has 3 aromatic rings. The molecule has 0 amide bonds. The number of aromatic amines is 1. The van der Waals surface area contributed by atoms with Gasteiger partial charge in [-0.05, 0) is 49.8 Å². The van der Waals surface area contributed by atoms with E-state index in [1.807, 2.05) is 30.3 Å². The number of unbranched alkanes of at least 4 members (excludes halogenated alkanes) is 1. The molecule has 0 saturated heterocycles. The Morgan fingerprint density at radius 1 is 1.04 bits per heavy atom. The Hall–Kier alpha value is -3.08. The van der Waals surface area contributed by atoms with Gasteiger partial charge in [0, 0.05) is 23.0 Å². The fourth-order valence-electron chi connectivity index (χ4n) is 3.48. The number of H-pyrrole nitrogens is 1. The summed E-state index contributed by atoms with van der Waals surface area (Å²) in [7, 11) is 0. The Morgan fingerprint density at radius 3 is 2.50 bits per heavy atom. The second kappa shape index (κ2) is 9.74. The van der Waals surface area contributed by atoms with Crippen LogP contribution in [0.3, 0.4) is 0 Å². The molecule has 3 rings (SSSR count). The van der Waals surface area contributed by atoms with E-state index in [1.165, 1.54) is 5.56 Å². The van der Waals surface area contributed by atoms with E-state index in [4.69, 9.17) is 4.74 Å². The van der Waals surface area contributed by atoms with Crippen molar-refractivity contribution in [1.82, 2.24) is 4.98 Å². The maximum atomic E-state index is 12.0. The molecule has 2 N–H and O–H groups in total. The van der Waals surface area contributed by atoms with E-state index in [0.717, 1.165) is 47.8 Å². The smallest absolute Gasteiger partial charge is 0.356 e. The van der Waals surface area contributed by atoms with Crippen LogP contribution in [-0.4, -0.2) is 28.5 Å². The average molecular weight is 378 g/mol. The maximum Gasteiger partial charge on any atom is 0.356 e. The zero-order valence-corrected chi connectivity index (χ0v) is 16.1. The first-order chi connectivity index (χ1) is 13.7. The summed E-state index contributed by atoms with van der Waals surface area (Å²) < 4.78 is 5.00. The number of carbonyl (C=O) groups is 1. The van der Waals surface area contributed by atoms with E-state index in [1.54, 1.807) is 6.92 Å². The van der Waals surface area contributed by atoms with Gasteiger partial charge in [0.15, 0.2) is 5.71 Å². The molecule has 0 aliphatic rings. The monoisotopic (exact) mass is 378 g/mol. The largest absolute Gasteiger partial charge is 0.461 e. The quantitative estimate of drug-likeness (QED) is 0.187. The van der Waals surface area contributed by atoms with Gasteiger partial charge in [-0.3, -0.25) is 0 Å². The van der Waals surface area contributed by atoms with E-state index in [-0.39, 0.29) is 18.7 Å². The SMILES string of the molecule is CCOC(=O)/C(Cc1c(CCCCc2ccccc2)[nH]c2ccccc12)=N\O. The van der Waals surface area contributed by atoms with Crippen LogP contribution >= 0.6 is 0 Å². The first kappa shape index (κ1) is 19.7. The Balaban J connectivity index is 1.74. The summed E-state index contributed by atoms with van der Waals surface area (Å²) in [5, 5.41) is 13.5. The lowest BCUT2D eigenvalue weighted by Crippen LogP contribution is -2.20. The Morgan fingerprint density at radius 2 is 1.75 bits per heavy atom. The number of benzene rings is 2. The van der Waals surface area contributed by atoms with Gasteiger partial charge in [-0.1, -0.05) is 53.7 Å². The van der Waals surface area contributed by atoms with Crippen molar-refractivity contribution in [3.8, 4) is 0 Å². The van der Waals surface area contributed by atoms with Gasteiger partial charge in [-0.2, -0.15) is 0 Å². The first-order valence-electron chi connectivity index (χ1n) is 9.73. The first-order valence-corrected chi connectivity index (χ1v) is 9.73. The van der Waals surface area contributed by atoms with Crippen molar-refractivity contribution in [2.24, 2.45) is 5.16 Å². The van der Waals surface area contributed by atoms with Gasteiger partial charge in [0.1, 0.15) is 0 Å². The number of para-hydroxylation sites is 1. The second-order valence-electron chi connectivity index (χ2n) is 6.76. The summed E-state index contributed by atoms with van der Waals surface area (Å²) in [4.78, 5) is 15.5. The number of carbonyl (C=O) groups excluding carboxylic acids is 1. The molecule has 0 atom stereocenters. The number of hydrogen-bond acceptors (Lipinski definition) is 4. The molecule has 1 aromatic heterocycles. The van der Waals surface area contributed by atoms with Gasteiger partial charge < -0.3 is 14.9 Å². The molecule has 0 saturated carbocycles. The molecule has 146 valence electrons. The summed E-state index contributed by atoms with van der Waals surface area (Å²) >= 11 is 0. The molecular formula is C23H26N2O3.